The Morgan fingerprint density at radius 2 is 2.10 bits per heavy atom. The summed E-state index contributed by atoms with van der Waals surface area (Å²) in [5, 5.41) is 2.74. The number of pyridine rings is 1. The first kappa shape index (κ1) is 14.7. The Kier molecular flexibility index (Phi) is 4.53. The number of rotatable bonds is 3. The van der Waals surface area contributed by atoms with E-state index < -0.39 is 11.7 Å². The van der Waals surface area contributed by atoms with Gasteiger partial charge < -0.3 is 10.7 Å². The third kappa shape index (κ3) is 3.44. The van der Waals surface area contributed by atoms with Crippen LogP contribution in [0.1, 0.15) is 10.4 Å². The van der Waals surface area contributed by atoms with Crippen LogP contribution < -0.4 is 16.6 Å². The van der Waals surface area contributed by atoms with Crippen molar-refractivity contribution in [2.45, 2.75) is 0 Å². The number of amides is 1. The lowest BCUT2D eigenvalue weighted by molar-refractivity contribution is 0.102. The number of hydrazine groups is 1. The Balaban J connectivity index is 2.23. The Morgan fingerprint density at radius 3 is 2.75 bits per heavy atom. The van der Waals surface area contributed by atoms with E-state index in [-0.39, 0.29) is 21.0 Å². The van der Waals surface area contributed by atoms with Gasteiger partial charge in [-0.05, 0) is 46.3 Å². The predicted molar refractivity (Wildman–Crippen MR) is 79.1 cm³/mol. The van der Waals surface area contributed by atoms with Crippen LogP contribution in [0.2, 0.25) is 5.15 Å². The maximum atomic E-state index is 13.1. The van der Waals surface area contributed by atoms with E-state index >= 15 is 0 Å². The largest absolute Gasteiger partial charge is 0.322 e. The van der Waals surface area contributed by atoms with Gasteiger partial charge in [0.05, 0.1) is 4.47 Å². The molecule has 4 N–H and O–H groups in total. The lowest BCUT2D eigenvalue weighted by Gasteiger charge is -2.08. The normalized spacial score (nSPS) is 10.2. The number of nitrogen functional groups attached to an aromatic ring is 1. The highest BCUT2D eigenvalue weighted by molar-refractivity contribution is 9.10. The lowest BCUT2D eigenvalue weighted by Crippen LogP contribution is -2.14. The van der Waals surface area contributed by atoms with Crippen molar-refractivity contribution < 1.29 is 9.18 Å². The molecule has 1 aromatic heterocycles. The zero-order chi connectivity index (χ0) is 14.7. The molecule has 1 amide bonds. The molecule has 0 spiro atoms. The summed E-state index contributed by atoms with van der Waals surface area (Å²) in [5.74, 6) is 4.67. The van der Waals surface area contributed by atoms with Gasteiger partial charge in [-0.2, -0.15) is 0 Å². The third-order valence-electron chi connectivity index (χ3n) is 2.38. The molecule has 0 bridgehead atoms. The lowest BCUT2D eigenvalue weighted by atomic mass is 10.2. The molecule has 8 heteroatoms. The summed E-state index contributed by atoms with van der Waals surface area (Å²) in [6.07, 6.45) is 0. The van der Waals surface area contributed by atoms with Crippen molar-refractivity contribution in [2.75, 3.05) is 10.7 Å². The number of carbonyl (C=O) groups excluding carboxylic acids is 1. The molecule has 104 valence electrons. The van der Waals surface area contributed by atoms with Gasteiger partial charge in [-0.3, -0.25) is 4.79 Å². The highest BCUT2D eigenvalue weighted by Gasteiger charge is 2.10. The molecular formula is C12H9BrClFN4O. The minimum Gasteiger partial charge on any atom is -0.322 e. The van der Waals surface area contributed by atoms with Crippen LogP contribution in [0.5, 0.6) is 0 Å². The van der Waals surface area contributed by atoms with Gasteiger partial charge in [0.1, 0.15) is 16.8 Å². The van der Waals surface area contributed by atoms with Gasteiger partial charge in [0.15, 0.2) is 0 Å². The van der Waals surface area contributed by atoms with Gasteiger partial charge in [-0.15, -0.1) is 0 Å². The zero-order valence-electron chi connectivity index (χ0n) is 9.95. The maximum Gasteiger partial charge on any atom is 0.255 e. The van der Waals surface area contributed by atoms with E-state index in [1.54, 1.807) is 0 Å². The summed E-state index contributed by atoms with van der Waals surface area (Å²) >= 11 is 8.82. The van der Waals surface area contributed by atoms with Crippen molar-refractivity contribution in [3.8, 4) is 0 Å². The number of aromatic nitrogens is 1. The number of halogens is 3. The molecule has 1 heterocycles. The van der Waals surface area contributed by atoms with E-state index in [0.29, 0.717) is 5.69 Å². The summed E-state index contributed by atoms with van der Waals surface area (Å²) in [6, 6.07) is 6.99. The summed E-state index contributed by atoms with van der Waals surface area (Å²) in [7, 11) is 0. The quantitative estimate of drug-likeness (QED) is 0.447. The summed E-state index contributed by atoms with van der Waals surface area (Å²) in [4.78, 5) is 15.9. The minimum absolute atomic E-state index is 0.130. The zero-order valence-corrected chi connectivity index (χ0v) is 12.3. The molecule has 0 radical (unpaired) electrons. The van der Waals surface area contributed by atoms with E-state index in [1.807, 2.05) is 0 Å². The van der Waals surface area contributed by atoms with Crippen molar-refractivity contribution in [1.82, 2.24) is 4.98 Å². The van der Waals surface area contributed by atoms with Crippen LogP contribution in [0.4, 0.5) is 15.9 Å². The highest BCUT2D eigenvalue weighted by atomic mass is 79.9. The number of nitrogens with zero attached hydrogens (tertiary/aromatic N) is 1. The van der Waals surface area contributed by atoms with E-state index in [9.17, 15) is 9.18 Å². The van der Waals surface area contributed by atoms with Gasteiger partial charge in [0.25, 0.3) is 5.91 Å². The molecule has 0 saturated carbocycles. The topological polar surface area (TPSA) is 80.0 Å². The molecule has 0 saturated heterocycles. The third-order valence-corrected chi connectivity index (χ3v) is 3.18. The van der Waals surface area contributed by atoms with Crippen LogP contribution in [0.3, 0.4) is 0 Å². The van der Waals surface area contributed by atoms with Crippen LogP contribution in [-0.2, 0) is 0 Å². The predicted octanol–water partition coefficient (Wildman–Crippen LogP) is 3.17. The van der Waals surface area contributed by atoms with E-state index in [0.717, 1.165) is 0 Å². The molecule has 0 unspecified atom stereocenters. The SMILES string of the molecule is NNc1cc(C(=O)Nc2ccc(F)c(Br)c2)cc(Cl)n1. The van der Waals surface area contributed by atoms with E-state index in [2.05, 4.69) is 31.7 Å². The van der Waals surface area contributed by atoms with Crippen LogP contribution in [-0.4, -0.2) is 10.9 Å². The van der Waals surface area contributed by atoms with Crippen LogP contribution in [0, 0.1) is 5.82 Å². The number of hydrogen-bond acceptors (Lipinski definition) is 4. The monoisotopic (exact) mass is 358 g/mol. The number of benzene rings is 1. The fourth-order valence-electron chi connectivity index (χ4n) is 1.48. The second-order valence-electron chi connectivity index (χ2n) is 3.79. The molecule has 0 aliphatic carbocycles. The van der Waals surface area contributed by atoms with Crippen LogP contribution in [0.15, 0.2) is 34.8 Å². The average molecular weight is 360 g/mol. The minimum atomic E-state index is -0.413. The van der Waals surface area contributed by atoms with Crippen molar-refractivity contribution in [3.05, 3.63) is 51.3 Å². The van der Waals surface area contributed by atoms with Crippen molar-refractivity contribution in [3.63, 3.8) is 0 Å². The van der Waals surface area contributed by atoms with Gasteiger partial charge in [0.2, 0.25) is 0 Å². The number of carbonyl (C=O) groups is 1. The molecule has 5 nitrogen and oxygen atoms in total. The van der Waals surface area contributed by atoms with Gasteiger partial charge in [0, 0.05) is 11.3 Å². The number of nitrogens with two attached hydrogens (primary N) is 1. The van der Waals surface area contributed by atoms with Crippen LogP contribution in [0.25, 0.3) is 0 Å². The first-order valence-electron chi connectivity index (χ1n) is 5.40. The molecular weight excluding hydrogens is 351 g/mol. The number of hydrogen-bond donors (Lipinski definition) is 3. The second kappa shape index (κ2) is 6.17. The molecule has 0 fully saturated rings. The highest BCUT2D eigenvalue weighted by Crippen LogP contribution is 2.21. The molecule has 1 aromatic carbocycles. The Morgan fingerprint density at radius 1 is 1.35 bits per heavy atom. The first-order valence-corrected chi connectivity index (χ1v) is 6.57. The summed E-state index contributed by atoms with van der Waals surface area (Å²) in [6.45, 7) is 0. The van der Waals surface area contributed by atoms with Crippen molar-refractivity contribution in [2.24, 2.45) is 5.84 Å². The van der Waals surface area contributed by atoms with Crippen LogP contribution >= 0.6 is 27.5 Å². The molecule has 0 atom stereocenters. The first-order chi connectivity index (χ1) is 9.49. The maximum absolute atomic E-state index is 13.1. The Hall–Kier alpha value is -1.70. The molecule has 0 aliphatic heterocycles. The number of nitrogens with one attached hydrogen (secondary N) is 2. The fraction of sp³-hybridized carbons (Fsp3) is 0. The second-order valence-corrected chi connectivity index (χ2v) is 5.03. The standard InChI is InChI=1S/C12H9BrClFN4O/c13-8-5-7(1-2-9(8)15)17-12(20)6-3-10(14)18-11(4-6)19-16/h1-5H,16H2,(H,17,20)(H,18,19). The Labute approximate surface area is 127 Å². The molecule has 2 rings (SSSR count). The van der Waals surface area contributed by atoms with Gasteiger partial charge in [-0.25, -0.2) is 15.2 Å². The number of anilines is 2. The van der Waals surface area contributed by atoms with Gasteiger partial charge in [-0.1, -0.05) is 11.6 Å². The average Bonchev–Trinajstić information content (AvgIpc) is 2.42. The van der Waals surface area contributed by atoms with E-state index in [4.69, 9.17) is 17.4 Å². The van der Waals surface area contributed by atoms with Crippen molar-refractivity contribution >= 4 is 44.9 Å². The Bertz CT molecular complexity index is 668. The van der Waals surface area contributed by atoms with Gasteiger partial charge >= 0.3 is 0 Å². The summed E-state index contributed by atoms with van der Waals surface area (Å²) in [5.41, 5.74) is 3.03. The van der Waals surface area contributed by atoms with Crippen molar-refractivity contribution in [1.29, 1.82) is 0 Å². The molecule has 0 aliphatic rings. The molecule has 2 aromatic rings. The molecule has 20 heavy (non-hydrogen) atoms. The smallest absolute Gasteiger partial charge is 0.255 e. The fourth-order valence-corrected chi connectivity index (χ4v) is 2.07. The van der Waals surface area contributed by atoms with E-state index in [1.165, 1.54) is 30.3 Å². The summed E-state index contributed by atoms with van der Waals surface area (Å²) < 4.78 is 13.4.